The minimum absolute atomic E-state index is 0.000380. The van der Waals surface area contributed by atoms with E-state index in [1.54, 1.807) is 13.0 Å². The molecule has 0 unspecified atom stereocenters. The van der Waals surface area contributed by atoms with Crippen molar-refractivity contribution in [2.24, 2.45) is 0 Å². The number of rotatable bonds is 5. The molecule has 0 aliphatic carbocycles. The van der Waals surface area contributed by atoms with Crippen LogP contribution in [0.4, 0.5) is 5.69 Å². The van der Waals surface area contributed by atoms with Crippen molar-refractivity contribution >= 4 is 22.4 Å². The van der Waals surface area contributed by atoms with Crippen LogP contribution in [-0.4, -0.2) is 17.6 Å². The first-order valence-electron chi connectivity index (χ1n) is 8.45. The minimum atomic E-state index is -0.488. The van der Waals surface area contributed by atoms with Crippen molar-refractivity contribution in [3.63, 3.8) is 0 Å². The SMILES string of the molecule is COCc1cc(C)n(CC(=O)Nc2cccc3ccccc23)c(=O)c1C#N. The second-order valence-electron chi connectivity index (χ2n) is 6.20. The van der Waals surface area contributed by atoms with E-state index in [0.717, 1.165) is 10.8 Å². The molecule has 6 nitrogen and oxygen atoms in total. The zero-order chi connectivity index (χ0) is 19.4. The maximum Gasteiger partial charge on any atom is 0.269 e. The highest BCUT2D eigenvalue weighted by Crippen LogP contribution is 2.23. The van der Waals surface area contributed by atoms with E-state index >= 15 is 0 Å². The Kier molecular flexibility index (Phi) is 5.34. The average Bonchev–Trinajstić information content (AvgIpc) is 2.66. The molecule has 1 amide bonds. The molecule has 0 saturated carbocycles. The summed E-state index contributed by atoms with van der Waals surface area (Å²) < 4.78 is 6.35. The van der Waals surface area contributed by atoms with Crippen LogP contribution in [0.1, 0.15) is 16.8 Å². The lowest BCUT2D eigenvalue weighted by Crippen LogP contribution is -2.31. The quantitative estimate of drug-likeness (QED) is 0.757. The summed E-state index contributed by atoms with van der Waals surface area (Å²) >= 11 is 0. The maximum absolute atomic E-state index is 12.6. The van der Waals surface area contributed by atoms with Crippen molar-refractivity contribution < 1.29 is 9.53 Å². The predicted octanol–water partition coefficient (Wildman–Crippen LogP) is 2.97. The third-order valence-corrected chi connectivity index (χ3v) is 4.37. The summed E-state index contributed by atoms with van der Waals surface area (Å²) in [5.41, 5.74) is 1.31. The molecule has 136 valence electrons. The van der Waals surface area contributed by atoms with E-state index in [4.69, 9.17) is 4.74 Å². The Bertz CT molecular complexity index is 1100. The smallest absolute Gasteiger partial charge is 0.269 e. The third-order valence-electron chi connectivity index (χ3n) is 4.37. The number of nitrogens with zero attached hydrogens (tertiary/aromatic N) is 2. The van der Waals surface area contributed by atoms with Gasteiger partial charge in [-0.15, -0.1) is 0 Å². The Balaban J connectivity index is 1.90. The number of aromatic nitrogens is 1. The van der Waals surface area contributed by atoms with E-state index in [1.807, 2.05) is 48.5 Å². The average molecular weight is 361 g/mol. The molecule has 0 saturated heterocycles. The Morgan fingerprint density at radius 3 is 2.70 bits per heavy atom. The first kappa shape index (κ1) is 18.4. The number of ether oxygens (including phenoxy) is 1. The topological polar surface area (TPSA) is 84.1 Å². The fraction of sp³-hybridized carbons (Fsp3) is 0.190. The summed E-state index contributed by atoms with van der Waals surface area (Å²) in [7, 11) is 1.50. The summed E-state index contributed by atoms with van der Waals surface area (Å²) in [4.78, 5) is 25.2. The Morgan fingerprint density at radius 1 is 1.22 bits per heavy atom. The van der Waals surface area contributed by atoms with E-state index in [1.165, 1.54) is 11.7 Å². The van der Waals surface area contributed by atoms with E-state index in [9.17, 15) is 14.9 Å². The maximum atomic E-state index is 12.6. The molecule has 0 bridgehead atoms. The van der Waals surface area contributed by atoms with E-state index in [2.05, 4.69) is 5.32 Å². The third kappa shape index (κ3) is 3.73. The van der Waals surface area contributed by atoms with Crippen LogP contribution in [0.25, 0.3) is 10.8 Å². The molecule has 0 aliphatic heterocycles. The summed E-state index contributed by atoms with van der Waals surface area (Å²) in [6, 6.07) is 17.0. The molecule has 1 heterocycles. The molecule has 6 heteroatoms. The number of hydrogen-bond donors (Lipinski definition) is 1. The number of anilines is 1. The number of aryl methyl sites for hydroxylation is 1. The van der Waals surface area contributed by atoms with E-state index in [0.29, 0.717) is 16.9 Å². The van der Waals surface area contributed by atoms with Crippen LogP contribution in [0.3, 0.4) is 0 Å². The number of carbonyl (C=O) groups excluding carboxylic acids is 1. The van der Waals surface area contributed by atoms with Gasteiger partial charge in [-0.2, -0.15) is 5.26 Å². The fourth-order valence-electron chi connectivity index (χ4n) is 3.09. The minimum Gasteiger partial charge on any atom is -0.380 e. The highest BCUT2D eigenvalue weighted by Gasteiger charge is 2.15. The lowest BCUT2D eigenvalue weighted by atomic mass is 10.1. The number of amides is 1. The largest absolute Gasteiger partial charge is 0.380 e. The van der Waals surface area contributed by atoms with Crippen molar-refractivity contribution in [1.29, 1.82) is 5.26 Å². The summed E-state index contributed by atoms with van der Waals surface area (Å²) in [5, 5.41) is 14.1. The standard InChI is InChI=1S/C21H19N3O3/c1-14-10-16(13-27-2)18(11-22)21(26)24(14)12-20(25)23-19-9-5-7-15-6-3-4-8-17(15)19/h3-10H,12-13H2,1-2H3,(H,23,25). The van der Waals surface area contributed by atoms with Gasteiger partial charge in [0, 0.05) is 29.4 Å². The van der Waals surface area contributed by atoms with Gasteiger partial charge in [0.25, 0.3) is 5.56 Å². The second-order valence-corrected chi connectivity index (χ2v) is 6.20. The summed E-state index contributed by atoms with van der Waals surface area (Å²) in [6.07, 6.45) is 0. The molecule has 2 aromatic carbocycles. The molecule has 1 aromatic heterocycles. The molecule has 0 radical (unpaired) electrons. The molecular weight excluding hydrogens is 342 g/mol. The van der Waals surface area contributed by atoms with E-state index < -0.39 is 5.56 Å². The summed E-state index contributed by atoms with van der Waals surface area (Å²) in [5.74, 6) is -0.333. The summed E-state index contributed by atoms with van der Waals surface area (Å²) in [6.45, 7) is 1.73. The van der Waals surface area contributed by atoms with Gasteiger partial charge in [-0.1, -0.05) is 36.4 Å². The molecular formula is C21H19N3O3. The molecule has 27 heavy (non-hydrogen) atoms. The Hall–Kier alpha value is -3.43. The number of hydrogen-bond acceptors (Lipinski definition) is 4. The van der Waals surface area contributed by atoms with Crippen LogP contribution in [0.5, 0.6) is 0 Å². The number of fused-ring (bicyclic) bond motifs is 1. The monoisotopic (exact) mass is 361 g/mol. The zero-order valence-electron chi connectivity index (χ0n) is 15.2. The van der Waals surface area contributed by atoms with Gasteiger partial charge in [0.1, 0.15) is 18.2 Å². The first-order valence-corrected chi connectivity index (χ1v) is 8.45. The van der Waals surface area contributed by atoms with Gasteiger partial charge in [0.2, 0.25) is 5.91 Å². The molecule has 3 aromatic rings. The van der Waals surface area contributed by atoms with Crippen LogP contribution < -0.4 is 10.9 Å². The lowest BCUT2D eigenvalue weighted by Gasteiger charge is -2.14. The van der Waals surface area contributed by atoms with Gasteiger partial charge >= 0.3 is 0 Å². The number of methoxy groups -OCH3 is 1. The van der Waals surface area contributed by atoms with E-state index in [-0.39, 0.29) is 24.6 Å². The molecule has 3 rings (SSSR count). The Morgan fingerprint density at radius 2 is 1.96 bits per heavy atom. The molecule has 1 N–H and O–H groups in total. The molecule has 0 fully saturated rings. The molecule has 0 atom stereocenters. The van der Waals surface area contributed by atoms with Crippen LogP contribution in [0.15, 0.2) is 53.3 Å². The highest BCUT2D eigenvalue weighted by atomic mass is 16.5. The normalized spacial score (nSPS) is 10.6. The number of nitriles is 1. The van der Waals surface area contributed by atoms with Crippen LogP contribution in [-0.2, 0) is 22.7 Å². The second kappa shape index (κ2) is 7.85. The predicted molar refractivity (Wildman–Crippen MR) is 103 cm³/mol. The van der Waals surface area contributed by atoms with Gasteiger partial charge in [0.05, 0.1) is 6.61 Å². The van der Waals surface area contributed by atoms with Crippen LogP contribution >= 0.6 is 0 Å². The van der Waals surface area contributed by atoms with Gasteiger partial charge < -0.3 is 14.6 Å². The number of carbonyl (C=O) groups is 1. The van der Waals surface area contributed by atoms with Gasteiger partial charge in [-0.25, -0.2) is 0 Å². The zero-order valence-corrected chi connectivity index (χ0v) is 15.2. The molecule has 0 aliphatic rings. The number of benzene rings is 2. The van der Waals surface area contributed by atoms with Gasteiger partial charge in [-0.3, -0.25) is 9.59 Å². The van der Waals surface area contributed by atoms with Crippen molar-refractivity contribution in [1.82, 2.24) is 4.57 Å². The van der Waals surface area contributed by atoms with Crippen LogP contribution in [0, 0.1) is 18.3 Å². The first-order chi connectivity index (χ1) is 13.0. The van der Waals surface area contributed by atoms with Crippen molar-refractivity contribution in [3.8, 4) is 6.07 Å². The Labute approximate surface area is 156 Å². The molecule has 0 spiro atoms. The van der Waals surface area contributed by atoms with Gasteiger partial charge in [-0.05, 0) is 24.4 Å². The highest BCUT2D eigenvalue weighted by molar-refractivity contribution is 6.02. The van der Waals surface area contributed by atoms with Crippen molar-refractivity contribution in [2.45, 2.75) is 20.1 Å². The van der Waals surface area contributed by atoms with Crippen LogP contribution in [0.2, 0.25) is 0 Å². The van der Waals surface area contributed by atoms with Gasteiger partial charge in [0.15, 0.2) is 0 Å². The fourth-order valence-corrected chi connectivity index (χ4v) is 3.09. The lowest BCUT2D eigenvalue weighted by molar-refractivity contribution is -0.116. The number of pyridine rings is 1. The number of nitrogens with one attached hydrogen (secondary N) is 1. The van der Waals surface area contributed by atoms with Crippen molar-refractivity contribution in [3.05, 3.63) is 75.7 Å². The van der Waals surface area contributed by atoms with Crippen molar-refractivity contribution in [2.75, 3.05) is 12.4 Å².